The summed E-state index contributed by atoms with van der Waals surface area (Å²) in [5.74, 6) is 1.21. The second-order valence-corrected chi connectivity index (χ2v) is 9.62. The molecular formula is C30H38FN3OS. The van der Waals surface area contributed by atoms with Crippen LogP contribution in [0.4, 0.5) is 4.39 Å². The Balaban J connectivity index is 0.000000423. The number of halogens is 1. The summed E-state index contributed by atoms with van der Waals surface area (Å²) in [4.78, 5) is 11.5. The number of terminal acetylenes is 1. The van der Waals surface area contributed by atoms with Crippen molar-refractivity contribution in [2.45, 2.75) is 52.3 Å². The summed E-state index contributed by atoms with van der Waals surface area (Å²) in [6, 6.07) is 16.6. The standard InChI is InChI=1S/C19H17FN2O.C9H19NS.C2H2/c1-13-10-16(8-9-17(13)20)18-11-19(15-6-4-3-5-7-15)22(21-18)12-14(2)23;1-4-6-8(3)9(5-2)11-7-10;1-2/h3-11H,12H2,1-2H3;5,8-9H,2,4,6-7,10H2,1,3H3;1-2H. The van der Waals surface area contributed by atoms with E-state index in [1.807, 2.05) is 42.5 Å². The van der Waals surface area contributed by atoms with Gasteiger partial charge in [-0.3, -0.25) is 9.48 Å². The number of thioether (sulfide) groups is 1. The molecule has 6 heteroatoms. The molecule has 0 radical (unpaired) electrons. The third-order valence-corrected chi connectivity index (χ3v) is 6.74. The smallest absolute Gasteiger partial charge is 0.151 e. The normalized spacial score (nSPS) is 11.8. The summed E-state index contributed by atoms with van der Waals surface area (Å²) >= 11 is 1.78. The molecule has 192 valence electrons. The molecule has 1 heterocycles. The van der Waals surface area contributed by atoms with Crippen LogP contribution in [0.1, 0.15) is 39.2 Å². The van der Waals surface area contributed by atoms with Crippen molar-refractivity contribution in [3.8, 4) is 35.4 Å². The van der Waals surface area contributed by atoms with Crippen molar-refractivity contribution >= 4 is 17.5 Å². The maximum atomic E-state index is 13.5. The number of hydrogen-bond acceptors (Lipinski definition) is 4. The first-order valence-electron chi connectivity index (χ1n) is 12.0. The number of rotatable bonds is 10. The highest BCUT2D eigenvalue weighted by Gasteiger charge is 2.14. The molecule has 4 nitrogen and oxygen atoms in total. The van der Waals surface area contributed by atoms with Crippen LogP contribution in [-0.4, -0.2) is 26.7 Å². The van der Waals surface area contributed by atoms with Gasteiger partial charge in [-0.2, -0.15) is 5.10 Å². The lowest BCUT2D eigenvalue weighted by Gasteiger charge is -2.18. The Labute approximate surface area is 220 Å². The van der Waals surface area contributed by atoms with Gasteiger partial charge in [0.15, 0.2) is 5.78 Å². The Morgan fingerprint density at radius 1 is 1.19 bits per heavy atom. The van der Waals surface area contributed by atoms with E-state index < -0.39 is 0 Å². The van der Waals surface area contributed by atoms with E-state index in [2.05, 4.69) is 38.4 Å². The van der Waals surface area contributed by atoms with Crippen molar-refractivity contribution < 1.29 is 9.18 Å². The summed E-state index contributed by atoms with van der Waals surface area (Å²) < 4.78 is 15.2. The minimum absolute atomic E-state index is 0.0344. The fourth-order valence-electron chi connectivity index (χ4n) is 3.73. The molecule has 0 saturated heterocycles. The van der Waals surface area contributed by atoms with Gasteiger partial charge in [0.1, 0.15) is 5.82 Å². The summed E-state index contributed by atoms with van der Waals surface area (Å²) in [7, 11) is 0. The summed E-state index contributed by atoms with van der Waals surface area (Å²) in [5.41, 5.74) is 9.46. The highest BCUT2D eigenvalue weighted by Crippen LogP contribution is 2.27. The fraction of sp³-hybridized carbons (Fsp3) is 0.333. The largest absolute Gasteiger partial charge is 0.322 e. The number of carbonyl (C=O) groups excluding carboxylic acids is 1. The molecule has 0 aliphatic rings. The third-order valence-electron chi connectivity index (χ3n) is 5.50. The van der Waals surface area contributed by atoms with E-state index in [1.165, 1.54) is 25.8 Å². The molecule has 0 saturated carbocycles. The topological polar surface area (TPSA) is 60.9 Å². The number of Topliss-reactive ketones (excluding diaryl/α,β-unsaturated/α-hetero) is 1. The first kappa shape index (κ1) is 30.9. The molecule has 0 aliphatic carbocycles. The maximum absolute atomic E-state index is 13.5. The SMILES string of the molecule is C#C.C=CC(SCN)C(C)CCC.CC(=O)Cn1nc(-c2ccc(F)c(C)c2)cc1-c1ccccc1. The summed E-state index contributed by atoms with van der Waals surface area (Å²) in [5, 5.41) is 5.08. The Kier molecular flexibility index (Phi) is 14.2. The van der Waals surface area contributed by atoms with Crippen LogP contribution < -0.4 is 5.73 Å². The molecule has 0 spiro atoms. The monoisotopic (exact) mass is 507 g/mol. The maximum Gasteiger partial charge on any atom is 0.151 e. The van der Waals surface area contributed by atoms with Crippen LogP contribution >= 0.6 is 11.8 Å². The number of ketones is 1. The Morgan fingerprint density at radius 2 is 1.86 bits per heavy atom. The second-order valence-electron chi connectivity index (χ2n) is 8.40. The van der Waals surface area contributed by atoms with Crippen molar-refractivity contribution in [2.24, 2.45) is 11.7 Å². The van der Waals surface area contributed by atoms with E-state index in [0.29, 0.717) is 22.6 Å². The zero-order valence-electron chi connectivity index (χ0n) is 21.8. The van der Waals surface area contributed by atoms with Gasteiger partial charge in [0.25, 0.3) is 0 Å². The van der Waals surface area contributed by atoms with Gasteiger partial charge in [-0.25, -0.2) is 4.39 Å². The lowest BCUT2D eigenvalue weighted by atomic mass is 10.0. The van der Waals surface area contributed by atoms with E-state index in [-0.39, 0.29) is 18.1 Å². The highest BCUT2D eigenvalue weighted by atomic mass is 32.2. The molecular weight excluding hydrogens is 469 g/mol. The lowest BCUT2D eigenvalue weighted by Crippen LogP contribution is -2.13. The molecule has 0 amide bonds. The van der Waals surface area contributed by atoms with Gasteiger partial charge in [0, 0.05) is 16.7 Å². The van der Waals surface area contributed by atoms with Gasteiger partial charge in [-0.05, 0) is 61.6 Å². The Morgan fingerprint density at radius 3 is 2.39 bits per heavy atom. The van der Waals surface area contributed by atoms with Crippen LogP contribution in [0.25, 0.3) is 22.5 Å². The summed E-state index contributed by atoms with van der Waals surface area (Å²) in [6.45, 7) is 11.8. The molecule has 3 rings (SSSR count). The van der Waals surface area contributed by atoms with Crippen molar-refractivity contribution in [1.82, 2.24) is 9.78 Å². The van der Waals surface area contributed by atoms with E-state index in [1.54, 1.807) is 35.5 Å². The highest BCUT2D eigenvalue weighted by molar-refractivity contribution is 8.00. The molecule has 2 unspecified atom stereocenters. The number of hydrogen-bond donors (Lipinski definition) is 1. The first-order chi connectivity index (χ1) is 17.3. The first-order valence-corrected chi connectivity index (χ1v) is 13.0. The minimum atomic E-state index is -0.236. The van der Waals surface area contributed by atoms with Gasteiger partial charge < -0.3 is 5.73 Å². The van der Waals surface area contributed by atoms with Crippen LogP contribution in [0.2, 0.25) is 0 Å². The molecule has 0 bridgehead atoms. The fourth-order valence-corrected chi connectivity index (χ4v) is 4.55. The molecule has 3 aromatic rings. The van der Waals surface area contributed by atoms with Gasteiger partial charge >= 0.3 is 0 Å². The van der Waals surface area contributed by atoms with Crippen molar-refractivity contribution in [1.29, 1.82) is 0 Å². The molecule has 36 heavy (non-hydrogen) atoms. The average Bonchev–Trinajstić information content (AvgIpc) is 3.29. The molecule has 2 atom stereocenters. The average molecular weight is 508 g/mol. The number of aromatic nitrogens is 2. The zero-order valence-corrected chi connectivity index (χ0v) is 22.6. The van der Waals surface area contributed by atoms with Crippen LogP contribution in [0.15, 0.2) is 67.3 Å². The van der Waals surface area contributed by atoms with E-state index >= 15 is 0 Å². The number of nitrogens with two attached hydrogens (primary N) is 1. The Hall–Kier alpha value is -3.14. The van der Waals surface area contributed by atoms with E-state index in [0.717, 1.165) is 22.5 Å². The van der Waals surface area contributed by atoms with E-state index in [4.69, 9.17) is 5.73 Å². The predicted molar refractivity (Wildman–Crippen MR) is 153 cm³/mol. The number of carbonyl (C=O) groups is 1. The van der Waals surface area contributed by atoms with Gasteiger partial charge in [-0.15, -0.1) is 31.2 Å². The minimum Gasteiger partial charge on any atom is -0.322 e. The van der Waals surface area contributed by atoms with E-state index in [9.17, 15) is 9.18 Å². The van der Waals surface area contributed by atoms with Gasteiger partial charge in [0.2, 0.25) is 0 Å². The van der Waals surface area contributed by atoms with Crippen molar-refractivity contribution in [3.63, 3.8) is 0 Å². The van der Waals surface area contributed by atoms with Gasteiger partial charge in [-0.1, -0.05) is 56.7 Å². The number of aryl methyl sites for hydroxylation is 1. The predicted octanol–water partition coefficient (Wildman–Crippen LogP) is 7.13. The number of nitrogens with zero attached hydrogens (tertiary/aromatic N) is 2. The van der Waals surface area contributed by atoms with Crippen molar-refractivity contribution in [2.75, 3.05) is 5.88 Å². The molecule has 0 fully saturated rings. The molecule has 0 aliphatic heterocycles. The van der Waals surface area contributed by atoms with Crippen LogP contribution in [0.3, 0.4) is 0 Å². The van der Waals surface area contributed by atoms with Crippen LogP contribution in [0.5, 0.6) is 0 Å². The molecule has 1 aromatic heterocycles. The van der Waals surface area contributed by atoms with Crippen molar-refractivity contribution in [3.05, 3.63) is 78.6 Å². The zero-order chi connectivity index (χ0) is 27.1. The third kappa shape index (κ3) is 9.49. The second kappa shape index (κ2) is 16.5. The van der Waals surface area contributed by atoms with Crippen LogP contribution in [0, 0.1) is 31.5 Å². The molecule has 2 aromatic carbocycles. The number of benzene rings is 2. The van der Waals surface area contributed by atoms with Gasteiger partial charge in [0.05, 0.1) is 17.9 Å². The molecule has 2 N–H and O–H groups in total. The summed E-state index contributed by atoms with van der Waals surface area (Å²) in [6.07, 6.45) is 12.5. The quantitative estimate of drug-likeness (QED) is 0.180. The lowest BCUT2D eigenvalue weighted by molar-refractivity contribution is -0.117. The van der Waals surface area contributed by atoms with Crippen LogP contribution in [-0.2, 0) is 11.3 Å². The Bertz CT molecular complexity index is 1110.